The van der Waals surface area contributed by atoms with E-state index in [-0.39, 0.29) is 5.84 Å². The number of nitrogens with zero attached hydrogens (tertiary/aromatic N) is 1. The summed E-state index contributed by atoms with van der Waals surface area (Å²) in [6, 6.07) is 8.19. The third-order valence-electron chi connectivity index (χ3n) is 2.95. The highest BCUT2D eigenvalue weighted by atomic mass is 32.1. The predicted octanol–water partition coefficient (Wildman–Crippen LogP) is 3.17. The zero-order valence-electron chi connectivity index (χ0n) is 11.7. The van der Waals surface area contributed by atoms with Crippen LogP contribution in [-0.2, 0) is 6.42 Å². The number of benzene rings is 1. The summed E-state index contributed by atoms with van der Waals surface area (Å²) in [5.41, 5.74) is 6.72. The lowest BCUT2D eigenvalue weighted by atomic mass is 10.0. The van der Waals surface area contributed by atoms with Crippen molar-refractivity contribution < 1.29 is 4.74 Å². The summed E-state index contributed by atoms with van der Waals surface area (Å²) in [4.78, 5) is 4.93. The van der Waals surface area contributed by atoms with E-state index in [1.807, 2.05) is 12.1 Å². The first-order chi connectivity index (χ1) is 9.56. The normalized spacial score (nSPS) is 10.8. The van der Waals surface area contributed by atoms with Crippen molar-refractivity contribution in [2.45, 2.75) is 26.2 Å². The number of hydrogen-bond acceptors (Lipinski definition) is 4. The van der Waals surface area contributed by atoms with Crippen molar-refractivity contribution in [1.82, 2.24) is 4.98 Å². The molecule has 2 aromatic rings. The maximum atomic E-state index is 7.33. The fraction of sp³-hybridized carbons (Fsp3) is 0.333. The Labute approximate surface area is 123 Å². The molecule has 0 spiro atoms. The Morgan fingerprint density at radius 3 is 2.60 bits per heavy atom. The van der Waals surface area contributed by atoms with Gasteiger partial charge >= 0.3 is 0 Å². The molecule has 1 aromatic heterocycles. The van der Waals surface area contributed by atoms with Crippen molar-refractivity contribution in [3.63, 3.8) is 0 Å². The highest BCUT2D eigenvalue weighted by Crippen LogP contribution is 2.19. The van der Waals surface area contributed by atoms with E-state index in [9.17, 15) is 0 Å². The van der Waals surface area contributed by atoms with Gasteiger partial charge in [-0.3, -0.25) is 5.41 Å². The van der Waals surface area contributed by atoms with Gasteiger partial charge in [-0.2, -0.15) is 0 Å². The summed E-state index contributed by atoms with van der Waals surface area (Å²) in [7, 11) is 0. The van der Waals surface area contributed by atoms with Gasteiger partial charge in [0.2, 0.25) is 0 Å². The van der Waals surface area contributed by atoms with Gasteiger partial charge in [-0.1, -0.05) is 26.0 Å². The molecular weight excluding hydrogens is 270 g/mol. The molecule has 0 saturated heterocycles. The average Bonchev–Trinajstić information content (AvgIpc) is 2.88. The smallest absolute Gasteiger partial charge is 0.134 e. The second-order valence-corrected chi connectivity index (χ2v) is 5.97. The summed E-state index contributed by atoms with van der Waals surface area (Å²) < 4.78 is 5.70. The third-order valence-corrected chi connectivity index (χ3v) is 4.04. The molecular formula is C15H19N3OS. The Hall–Kier alpha value is -1.88. The van der Waals surface area contributed by atoms with Crippen LogP contribution in [0.25, 0.3) is 0 Å². The van der Waals surface area contributed by atoms with Gasteiger partial charge < -0.3 is 10.5 Å². The molecule has 0 unspecified atom stereocenters. The largest absolute Gasteiger partial charge is 0.493 e. The van der Waals surface area contributed by atoms with Crippen LogP contribution in [0, 0.1) is 5.41 Å². The Morgan fingerprint density at radius 1 is 1.35 bits per heavy atom. The van der Waals surface area contributed by atoms with Crippen LogP contribution in [0.4, 0.5) is 0 Å². The maximum absolute atomic E-state index is 7.33. The number of rotatable bonds is 6. The molecule has 0 aliphatic rings. The molecule has 1 heterocycles. The maximum Gasteiger partial charge on any atom is 0.134 e. The second-order valence-electron chi connectivity index (χ2n) is 4.85. The Morgan fingerprint density at radius 2 is 2.05 bits per heavy atom. The fourth-order valence-corrected chi connectivity index (χ4v) is 2.52. The number of hydrogen-bond donors (Lipinski definition) is 2. The zero-order chi connectivity index (χ0) is 14.5. The van der Waals surface area contributed by atoms with E-state index in [1.165, 1.54) is 16.9 Å². The fourth-order valence-electron chi connectivity index (χ4n) is 1.76. The highest BCUT2D eigenvalue weighted by Gasteiger charge is 2.05. The van der Waals surface area contributed by atoms with Gasteiger partial charge in [-0.15, -0.1) is 11.3 Å². The molecule has 0 fully saturated rings. The first-order valence-corrected chi connectivity index (χ1v) is 7.39. The van der Waals surface area contributed by atoms with Gasteiger partial charge in [0.05, 0.1) is 16.5 Å². The predicted molar refractivity (Wildman–Crippen MR) is 82.9 cm³/mol. The van der Waals surface area contributed by atoms with Crippen LogP contribution in [-0.4, -0.2) is 17.4 Å². The lowest BCUT2D eigenvalue weighted by Crippen LogP contribution is -2.08. The summed E-state index contributed by atoms with van der Waals surface area (Å²) >= 11 is 1.44. The van der Waals surface area contributed by atoms with Gasteiger partial charge in [-0.05, 0) is 23.6 Å². The lowest BCUT2D eigenvalue weighted by Gasteiger charge is -2.08. The van der Waals surface area contributed by atoms with Crippen molar-refractivity contribution in [3.8, 4) is 5.75 Å². The third kappa shape index (κ3) is 3.81. The van der Waals surface area contributed by atoms with Crippen LogP contribution in [0.5, 0.6) is 5.75 Å². The van der Waals surface area contributed by atoms with Crippen molar-refractivity contribution in [2.75, 3.05) is 6.61 Å². The topological polar surface area (TPSA) is 72.0 Å². The van der Waals surface area contributed by atoms with Crippen LogP contribution in [0.1, 0.15) is 35.2 Å². The number of nitrogens with two attached hydrogens (primary N) is 1. The first kappa shape index (κ1) is 14.5. The molecule has 0 saturated carbocycles. The van der Waals surface area contributed by atoms with E-state index in [0.717, 1.165) is 17.2 Å². The number of nitrogens with one attached hydrogen (secondary N) is 1. The standard InChI is InChI=1S/C15H19N3OS/c1-10(2)11-3-5-12(6-4-11)19-8-7-14-18-9-13(20-14)15(16)17/h3-6,9-10H,7-8H2,1-2H3,(H3,16,17). The van der Waals surface area contributed by atoms with Crippen LogP contribution < -0.4 is 10.5 Å². The molecule has 0 bridgehead atoms. The van der Waals surface area contributed by atoms with Crippen LogP contribution in [0.2, 0.25) is 0 Å². The minimum absolute atomic E-state index is 0.0685. The molecule has 3 N–H and O–H groups in total. The molecule has 20 heavy (non-hydrogen) atoms. The van der Waals surface area contributed by atoms with Gasteiger partial charge in [0.15, 0.2) is 0 Å². The summed E-state index contributed by atoms with van der Waals surface area (Å²) in [5, 5.41) is 8.27. The number of aromatic nitrogens is 1. The van der Waals surface area contributed by atoms with Gasteiger partial charge in [0.1, 0.15) is 11.6 Å². The number of nitrogen functional groups attached to an aromatic ring is 1. The molecule has 4 nitrogen and oxygen atoms in total. The monoisotopic (exact) mass is 289 g/mol. The van der Waals surface area contributed by atoms with Gasteiger partial charge in [0, 0.05) is 12.6 Å². The van der Waals surface area contributed by atoms with E-state index in [4.69, 9.17) is 15.9 Å². The molecule has 2 rings (SSSR count). The zero-order valence-corrected chi connectivity index (χ0v) is 12.5. The Kier molecular flexibility index (Phi) is 4.74. The van der Waals surface area contributed by atoms with E-state index in [0.29, 0.717) is 17.4 Å². The van der Waals surface area contributed by atoms with Gasteiger partial charge in [-0.25, -0.2) is 4.98 Å². The van der Waals surface area contributed by atoms with Crippen LogP contribution in [0.3, 0.4) is 0 Å². The second kappa shape index (κ2) is 6.52. The van der Waals surface area contributed by atoms with Crippen molar-refractivity contribution >= 4 is 17.2 Å². The minimum Gasteiger partial charge on any atom is -0.493 e. The van der Waals surface area contributed by atoms with E-state index >= 15 is 0 Å². The van der Waals surface area contributed by atoms with Crippen molar-refractivity contribution in [2.24, 2.45) is 5.73 Å². The highest BCUT2D eigenvalue weighted by molar-refractivity contribution is 7.13. The first-order valence-electron chi connectivity index (χ1n) is 6.58. The Balaban J connectivity index is 1.84. The minimum atomic E-state index is 0.0685. The molecule has 5 heteroatoms. The van der Waals surface area contributed by atoms with E-state index in [1.54, 1.807) is 6.20 Å². The summed E-state index contributed by atoms with van der Waals surface area (Å²) in [5.74, 6) is 1.47. The molecule has 1 aromatic carbocycles. The van der Waals surface area contributed by atoms with Crippen molar-refractivity contribution in [3.05, 3.63) is 45.9 Å². The number of amidine groups is 1. The van der Waals surface area contributed by atoms with Gasteiger partial charge in [0.25, 0.3) is 0 Å². The molecule has 0 atom stereocenters. The molecule has 0 aliphatic heterocycles. The van der Waals surface area contributed by atoms with Crippen molar-refractivity contribution in [1.29, 1.82) is 5.41 Å². The molecule has 106 valence electrons. The number of thiazole rings is 1. The van der Waals surface area contributed by atoms with E-state index < -0.39 is 0 Å². The summed E-state index contributed by atoms with van der Waals surface area (Å²) in [6.07, 6.45) is 2.36. The average molecular weight is 289 g/mol. The van der Waals surface area contributed by atoms with Crippen LogP contribution in [0.15, 0.2) is 30.5 Å². The molecule has 0 aliphatic carbocycles. The lowest BCUT2D eigenvalue weighted by molar-refractivity contribution is 0.321. The molecule has 0 radical (unpaired) electrons. The van der Waals surface area contributed by atoms with Crippen LogP contribution >= 0.6 is 11.3 Å². The quantitative estimate of drug-likeness (QED) is 0.633. The number of ether oxygens (including phenoxy) is 1. The summed E-state index contributed by atoms with van der Waals surface area (Å²) in [6.45, 7) is 4.92. The Bertz CT molecular complexity index is 575. The SMILES string of the molecule is CC(C)c1ccc(OCCc2ncc(C(=N)N)s2)cc1. The molecule has 0 amide bonds. The van der Waals surface area contributed by atoms with E-state index in [2.05, 4.69) is 31.0 Å².